The Morgan fingerprint density at radius 3 is 2.54 bits per heavy atom. The molecule has 2 N–H and O–H groups in total. The van der Waals surface area contributed by atoms with Crippen molar-refractivity contribution in [1.82, 2.24) is 10.6 Å². The molecule has 0 aliphatic carbocycles. The normalized spacial score (nSPS) is 20.6. The van der Waals surface area contributed by atoms with Crippen molar-refractivity contribution in [2.75, 3.05) is 0 Å². The zero-order chi connectivity index (χ0) is 20.3. The van der Waals surface area contributed by atoms with Gasteiger partial charge in [0.2, 0.25) is 5.91 Å². The number of nitrogens with one attached hydrogen (secondary N) is 2. The van der Waals surface area contributed by atoms with Crippen molar-refractivity contribution in [3.63, 3.8) is 0 Å². The average molecular weight is 371 g/mol. The summed E-state index contributed by atoms with van der Waals surface area (Å²) in [5.41, 5.74) is 2.32. The molecule has 2 aromatic carbocycles. The largest absolute Gasteiger partial charge is 0.336 e. The highest BCUT2D eigenvalue weighted by molar-refractivity contribution is 6.11. The molecule has 0 bridgehead atoms. The Hall–Kier alpha value is -3.65. The molecular weight excluding hydrogens is 350 g/mol. The van der Waals surface area contributed by atoms with E-state index in [4.69, 9.17) is 0 Å². The predicted octanol–water partition coefficient (Wildman–Crippen LogP) is 3.18. The summed E-state index contributed by atoms with van der Waals surface area (Å²) >= 11 is 0. The van der Waals surface area contributed by atoms with Gasteiger partial charge in [0.25, 0.3) is 5.91 Å². The number of hydrogen-bond acceptors (Lipinski definition) is 3. The second-order valence-corrected chi connectivity index (χ2v) is 6.99. The Labute approximate surface area is 164 Å². The van der Waals surface area contributed by atoms with Crippen molar-refractivity contribution in [3.8, 4) is 6.07 Å². The van der Waals surface area contributed by atoms with Gasteiger partial charge in [-0.15, -0.1) is 0 Å². The van der Waals surface area contributed by atoms with E-state index in [0.717, 1.165) is 11.1 Å². The van der Waals surface area contributed by atoms with Gasteiger partial charge >= 0.3 is 0 Å². The highest BCUT2D eigenvalue weighted by Crippen LogP contribution is 2.28. The summed E-state index contributed by atoms with van der Waals surface area (Å²) in [4.78, 5) is 25.7. The lowest BCUT2D eigenvalue weighted by molar-refractivity contribution is -0.135. The summed E-state index contributed by atoms with van der Waals surface area (Å²) in [7, 11) is 0. The SMILES string of the molecule is C=Cc1cccc(C#N)c1C(C)=C1NC(=O)C(C)(Cc2ccccc2)NC1=O. The van der Waals surface area contributed by atoms with Crippen LogP contribution in [0.2, 0.25) is 0 Å². The quantitative estimate of drug-likeness (QED) is 0.810. The van der Waals surface area contributed by atoms with E-state index in [0.29, 0.717) is 23.1 Å². The van der Waals surface area contributed by atoms with Gasteiger partial charge < -0.3 is 10.6 Å². The van der Waals surface area contributed by atoms with Crippen molar-refractivity contribution in [3.05, 3.63) is 83.1 Å². The third kappa shape index (κ3) is 3.45. The Balaban J connectivity index is 1.99. The molecule has 2 aromatic rings. The summed E-state index contributed by atoms with van der Waals surface area (Å²) in [6.07, 6.45) is 2.01. The fourth-order valence-corrected chi connectivity index (χ4v) is 3.45. The van der Waals surface area contributed by atoms with Crippen LogP contribution >= 0.6 is 0 Å². The zero-order valence-corrected chi connectivity index (χ0v) is 15.9. The maximum Gasteiger partial charge on any atom is 0.268 e. The Bertz CT molecular complexity index is 1030. The van der Waals surface area contributed by atoms with Crippen molar-refractivity contribution in [1.29, 1.82) is 5.26 Å². The third-order valence-electron chi connectivity index (χ3n) is 4.94. The maximum atomic E-state index is 12.9. The standard InChI is InChI=1S/C23H21N3O2/c1-4-17-11-8-12-18(14-24)19(17)15(2)20-21(27)26-23(3,22(28)25-20)13-16-9-6-5-7-10-16/h4-12H,1,13H2,2-3H3,(H,25,28)(H,26,27). The van der Waals surface area contributed by atoms with Gasteiger partial charge in [-0.3, -0.25) is 9.59 Å². The minimum Gasteiger partial charge on any atom is -0.336 e. The van der Waals surface area contributed by atoms with E-state index >= 15 is 0 Å². The van der Waals surface area contributed by atoms with Crippen LogP contribution in [0.1, 0.15) is 36.1 Å². The molecule has 0 radical (unpaired) electrons. The van der Waals surface area contributed by atoms with Crippen molar-refractivity contribution < 1.29 is 9.59 Å². The van der Waals surface area contributed by atoms with Crippen LogP contribution in [0.5, 0.6) is 0 Å². The van der Waals surface area contributed by atoms with Crippen LogP contribution in [-0.4, -0.2) is 17.4 Å². The zero-order valence-electron chi connectivity index (χ0n) is 15.9. The van der Waals surface area contributed by atoms with Gasteiger partial charge in [-0.2, -0.15) is 5.26 Å². The highest BCUT2D eigenvalue weighted by Gasteiger charge is 2.41. The molecule has 0 aromatic heterocycles. The lowest BCUT2D eigenvalue weighted by Crippen LogP contribution is -2.64. The number of carbonyl (C=O) groups excluding carboxylic acids is 2. The van der Waals surface area contributed by atoms with Crippen molar-refractivity contribution >= 4 is 23.5 Å². The third-order valence-corrected chi connectivity index (χ3v) is 4.94. The van der Waals surface area contributed by atoms with E-state index in [1.807, 2.05) is 36.4 Å². The van der Waals surface area contributed by atoms with Gasteiger partial charge in [-0.1, -0.05) is 55.1 Å². The Kier molecular flexibility index (Phi) is 5.14. The smallest absolute Gasteiger partial charge is 0.268 e. The van der Waals surface area contributed by atoms with Gasteiger partial charge in [0.15, 0.2) is 0 Å². The number of allylic oxidation sites excluding steroid dienone is 1. The van der Waals surface area contributed by atoms with Gasteiger partial charge in [0.1, 0.15) is 11.2 Å². The van der Waals surface area contributed by atoms with Gasteiger partial charge in [0, 0.05) is 12.0 Å². The molecule has 1 saturated heterocycles. The fourth-order valence-electron chi connectivity index (χ4n) is 3.45. The summed E-state index contributed by atoms with van der Waals surface area (Å²) in [5, 5.41) is 15.1. The number of nitriles is 1. The minimum absolute atomic E-state index is 0.154. The molecule has 1 atom stereocenters. The van der Waals surface area contributed by atoms with Crippen LogP contribution in [-0.2, 0) is 16.0 Å². The summed E-state index contributed by atoms with van der Waals surface area (Å²) in [5.74, 6) is -0.668. The molecule has 2 amide bonds. The number of rotatable bonds is 4. The van der Waals surface area contributed by atoms with Crippen LogP contribution in [0.4, 0.5) is 0 Å². The van der Waals surface area contributed by atoms with Gasteiger partial charge in [0.05, 0.1) is 11.6 Å². The number of benzene rings is 2. The van der Waals surface area contributed by atoms with E-state index < -0.39 is 5.54 Å². The number of piperazine rings is 1. The second-order valence-electron chi connectivity index (χ2n) is 6.99. The average Bonchev–Trinajstić information content (AvgIpc) is 2.70. The first-order valence-electron chi connectivity index (χ1n) is 8.94. The van der Waals surface area contributed by atoms with Crippen LogP contribution in [0, 0.1) is 11.3 Å². The maximum absolute atomic E-state index is 12.9. The Morgan fingerprint density at radius 1 is 1.18 bits per heavy atom. The summed E-state index contributed by atoms with van der Waals surface area (Å²) < 4.78 is 0. The fraction of sp³-hybridized carbons (Fsp3) is 0.174. The van der Waals surface area contributed by atoms with Crippen LogP contribution in [0.25, 0.3) is 11.6 Å². The lowest BCUT2D eigenvalue weighted by Gasteiger charge is -2.35. The predicted molar refractivity (Wildman–Crippen MR) is 109 cm³/mol. The molecule has 3 rings (SSSR count). The van der Waals surface area contributed by atoms with Crippen LogP contribution in [0.15, 0.2) is 60.8 Å². The molecule has 5 heteroatoms. The van der Waals surface area contributed by atoms with Gasteiger partial charge in [-0.25, -0.2) is 0 Å². The van der Waals surface area contributed by atoms with Crippen LogP contribution in [0.3, 0.4) is 0 Å². The molecule has 1 heterocycles. The molecule has 1 fully saturated rings. The number of hydrogen-bond donors (Lipinski definition) is 2. The molecule has 28 heavy (non-hydrogen) atoms. The summed E-state index contributed by atoms with van der Waals surface area (Å²) in [6.45, 7) is 7.21. The van der Waals surface area contributed by atoms with E-state index in [1.54, 1.807) is 32.1 Å². The number of nitrogens with zero attached hydrogens (tertiary/aromatic N) is 1. The first kappa shape index (κ1) is 19.1. The van der Waals surface area contributed by atoms with Crippen molar-refractivity contribution in [2.45, 2.75) is 25.8 Å². The first-order valence-corrected chi connectivity index (χ1v) is 8.94. The molecule has 1 unspecified atom stereocenters. The topological polar surface area (TPSA) is 82.0 Å². The number of amides is 2. The lowest BCUT2D eigenvalue weighted by atomic mass is 9.88. The molecule has 140 valence electrons. The first-order chi connectivity index (χ1) is 13.4. The minimum atomic E-state index is -1.06. The molecule has 1 aliphatic rings. The summed E-state index contributed by atoms with van der Waals surface area (Å²) in [6, 6.07) is 16.9. The molecule has 0 spiro atoms. The highest BCUT2D eigenvalue weighted by atomic mass is 16.2. The van der Waals surface area contributed by atoms with E-state index in [-0.39, 0.29) is 17.5 Å². The molecular formula is C23H21N3O2. The molecule has 5 nitrogen and oxygen atoms in total. The van der Waals surface area contributed by atoms with Gasteiger partial charge in [-0.05, 0) is 36.6 Å². The molecule has 1 aliphatic heterocycles. The van der Waals surface area contributed by atoms with E-state index in [1.165, 1.54) is 0 Å². The monoisotopic (exact) mass is 371 g/mol. The van der Waals surface area contributed by atoms with Crippen molar-refractivity contribution in [2.24, 2.45) is 0 Å². The number of carbonyl (C=O) groups is 2. The van der Waals surface area contributed by atoms with E-state index in [9.17, 15) is 14.9 Å². The van der Waals surface area contributed by atoms with Crippen LogP contribution < -0.4 is 10.6 Å². The Morgan fingerprint density at radius 2 is 1.89 bits per heavy atom. The molecule has 0 saturated carbocycles. The second kappa shape index (κ2) is 7.53. The van der Waals surface area contributed by atoms with E-state index in [2.05, 4.69) is 23.3 Å².